The minimum Gasteiger partial charge on any atom is -0.391 e. The van der Waals surface area contributed by atoms with Crippen LogP contribution in [0.1, 0.15) is 32.1 Å². The number of nitrogens with two attached hydrogens (primary N) is 1. The molecule has 0 radical (unpaired) electrons. The summed E-state index contributed by atoms with van der Waals surface area (Å²) in [5.74, 6) is 6.62. The Bertz CT molecular complexity index is 440. The number of hydrogen-bond acceptors (Lipinski definition) is 8. The average molecular weight is 281 g/mol. The van der Waals surface area contributed by atoms with Gasteiger partial charge < -0.3 is 15.3 Å². The predicted molar refractivity (Wildman–Crippen MR) is 78.5 cm³/mol. The number of anilines is 3. The number of nitrogens with zero attached hydrogens (tertiary/aromatic N) is 4. The van der Waals surface area contributed by atoms with Crippen LogP contribution in [-0.2, 0) is 0 Å². The maximum Gasteiger partial charge on any atom is 0.243 e. The topological polar surface area (TPSA) is 112 Å². The van der Waals surface area contributed by atoms with E-state index in [1.807, 2.05) is 14.1 Å². The SMILES string of the molecule is CN(C)c1nc(NN)nc(NC2CCCCCC2O)n1. The lowest BCUT2D eigenvalue weighted by molar-refractivity contribution is 0.144. The molecular formula is C12H23N7O. The summed E-state index contributed by atoms with van der Waals surface area (Å²) >= 11 is 0. The molecule has 8 nitrogen and oxygen atoms in total. The lowest BCUT2D eigenvalue weighted by atomic mass is 10.1. The predicted octanol–water partition coefficient (Wildman–Crippen LogP) is 0.329. The molecule has 1 heterocycles. The first-order valence-electron chi connectivity index (χ1n) is 6.95. The van der Waals surface area contributed by atoms with Gasteiger partial charge in [-0.15, -0.1) is 0 Å². The number of hydrogen-bond donors (Lipinski definition) is 4. The van der Waals surface area contributed by atoms with Gasteiger partial charge in [-0.05, 0) is 12.8 Å². The Hall–Kier alpha value is -1.67. The zero-order valence-electron chi connectivity index (χ0n) is 12.0. The number of aromatic nitrogens is 3. The van der Waals surface area contributed by atoms with Crippen LogP contribution in [0.15, 0.2) is 0 Å². The fourth-order valence-corrected chi connectivity index (χ4v) is 2.32. The van der Waals surface area contributed by atoms with Gasteiger partial charge >= 0.3 is 0 Å². The first-order valence-corrected chi connectivity index (χ1v) is 6.95. The van der Waals surface area contributed by atoms with Crippen molar-refractivity contribution in [3.05, 3.63) is 0 Å². The molecule has 1 aromatic heterocycles. The van der Waals surface area contributed by atoms with Crippen LogP contribution in [0.3, 0.4) is 0 Å². The largest absolute Gasteiger partial charge is 0.391 e. The Morgan fingerprint density at radius 2 is 1.80 bits per heavy atom. The van der Waals surface area contributed by atoms with E-state index < -0.39 is 0 Å². The molecule has 0 bridgehead atoms. The highest BCUT2D eigenvalue weighted by Gasteiger charge is 2.22. The summed E-state index contributed by atoms with van der Waals surface area (Å²) in [5.41, 5.74) is 2.43. The van der Waals surface area contributed by atoms with Gasteiger partial charge in [0.1, 0.15) is 0 Å². The highest BCUT2D eigenvalue weighted by molar-refractivity contribution is 5.42. The van der Waals surface area contributed by atoms with Gasteiger partial charge in [0.15, 0.2) is 0 Å². The summed E-state index contributed by atoms with van der Waals surface area (Å²) in [6.45, 7) is 0. The van der Waals surface area contributed by atoms with Crippen molar-refractivity contribution < 1.29 is 5.11 Å². The third-order valence-electron chi connectivity index (χ3n) is 3.45. The molecule has 2 unspecified atom stereocenters. The second-order valence-electron chi connectivity index (χ2n) is 5.28. The monoisotopic (exact) mass is 281 g/mol. The van der Waals surface area contributed by atoms with Crippen LogP contribution in [0.2, 0.25) is 0 Å². The fourth-order valence-electron chi connectivity index (χ4n) is 2.32. The zero-order chi connectivity index (χ0) is 14.5. The maximum absolute atomic E-state index is 10.1. The van der Waals surface area contributed by atoms with Crippen molar-refractivity contribution in [2.24, 2.45) is 5.84 Å². The number of nitrogen functional groups attached to an aromatic ring is 1. The molecule has 2 rings (SSSR count). The standard InChI is InChI=1S/C12H23N7O/c1-19(2)12-16-10(15-11(17-12)18-13)14-8-6-4-3-5-7-9(8)20/h8-9,20H,3-7,13H2,1-2H3,(H2,14,15,16,17,18). The van der Waals surface area contributed by atoms with Crippen molar-refractivity contribution in [3.8, 4) is 0 Å². The third kappa shape index (κ3) is 3.67. The molecule has 5 N–H and O–H groups in total. The fraction of sp³-hybridized carbons (Fsp3) is 0.750. The van der Waals surface area contributed by atoms with Gasteiger partial charge in [0.2, 0.25) is 17.8 Å². The third-order valence-corrected chi connectivity index (χ3v) is 3.45. The average Bonchev–Trinajstić information content (AvgIpc) is 2.64. The Kier molecular flexibility index (Phi) is 4.91. The highest BCUT2D eigenvalue weighted by atomic mass is 16.3. The summed E-state index contributed by atoms with van der Waals surface area (Å²) in [6.07, 6.45) is 4.68. The van der Waals surface area contributed by atoms with E-state index in [0.717, 1.165) is 32.1 Å². The van der Waals surface area contributed by atoms with Crippen LogP contribution < -0.4 is 21.5 Å². The number of hydrazine groups is 1. The summed E-state index contributed by atoms with van der Waals surface area (Å²) < 4.78 is 0. The Balaban J connectivity index is 2.16. The molecule has 0 amide bonds. The number of nitrogens with one attached hydrogen (secondary N) is 2. The Labute approximate surface area is 118 Å². The van der Waals surface area contributed by atoms with E-state index in [1.54, 1.807) is 4.90 Å². The summed E-state index contributed by atoms with van der Waals surface area (Å²) in [5, 5.41) is 13.3. The highest BCUT2D eigenvalue weighted by Crippen LogP contribution is 2.21. The van der Waals surface area contributed by atoms with Crippen LogP contribution in [-0.4, -0.2) is 46.3 Å². The van der Waals surface area contributed by atoms with E-state index in [1.165, 1.54) is 0 Å². The molecule has 2 atom stereocenters. The van der Waals surface area contributed by atoms with Crippen LogP contribution in [0.4, 0.5) is 17.8 Å². The van der Waals surface area contributed by atoms with Crippen molar-refractivity contribution >= 4 is 17.8 Å². The first kappa shape index (κ1) is 14.7. The van der Waals surface area contributed by atoms with Crippen LogP contribution in [0, 0.1) is 0 Å². The van der Waals surface area contributed by atoms with Gasteiger partial charge in [-0.1, -0.05) is 19.3 Å². The quantitative estimate of drug-likeness (QED) is 0.355. The van der Waals surface area contributed by atoms with E-state index in [9.17, 15) is 5.11 Å². The number of aliphatic hydroxyl groups is 1. The molecule has 0 aromatic carbocycles. The van der Waals surface area contributed by atoms with Gasteiger partial charge in [-0.2, -0.15) is 15.0 Å². The van der Waals surface area contributed by atoms with Gasteiger partial charge in [0.05, 0.1) is 12.1 Å². The molecule has 0 saturated heterocycles. The molecule has 1 saturated carbocycles. The molecule has 20 heavy (non-hydrogen) atoms. The molecule has 112 valence electrons. The van der Waals surface area contributed by atoms with Crippen LogP contribution in [0.25, 0.3) is 0 Å². The van der Waals surface area contributed by atoms with Crippen molar-refractivity contribution in [2.75, 3.05) is 29.7 Å². The number of rotatable bonds is 4. The second kappa shape index (κ2) is 6.67. The van der Waals surface area contributed by atoms with Gasteiger partial charge in [-0.3, -0.25) is 5.43 Å². The Morgan fingerprint density at radius 3 is 2.50 bits per heavy atom. The molecule has 1 aliphatic rings. The molecular weight excluding hydrogens is 258 g/mol. The minimum atomic E-state index is -0.369. The molecule has 1 aliphatic carbocycles. The van der Waals surface area contributed by atoms with Gasteiger partial charge in [0, 0.05) is 14.1 Å². The van der Waals surface area contributed by atoms with Gasteiger partial charge in [-0.25, -0.2) is 5.84 Å². The normalized spacial score (nSPS) is 23.0. The van der Waals surface area contributed by atoms with Crippen molar-refractivity contribution in [3.63, 3.8) is 0 Å². The lowest BCUT2D eigenvalue weighted by Crippen LogP contribution is -2.33. The molecule has 0 aliphatic heterocycles. The van der Waals surface area contributed by atoms with E-state index in [2.05, 4.69) is 25.7 Å². The zero-order valence-corrected chi connectivity index (χ0v) is 12.0. The summed E-state index contributed by atoms with van der Waals surface area (Å²) in [4.78, 5) is 14.4. The molecule has 1 aromatic rings. The molecule has 0 spiro atoms. The molecule has 1 fully saturated rings. The smallest absolute Gasteiger partial charge is 0.243 e. The van der Waals surface area contributed by atoms with Crippen molar-refractivity contribution in [2.45, 2.75) is 44.2 Å². The first-order chi connectivity index (χ1) is 9.60. The maximum atomic E-state index is 10.1. The van der Waals surface area contributed by atoms with E-state index in [4.69, 9.17) is 5.84 Å². The van der Waals surface area contributed by atoms with Crippen molar-refractivity contribution in [1.82, 2.24) is 15.0 Å². The second-order valence-corrected chi connectivity index (χ2v) is 5.28. The van der Waals surface area contributed by atoms with Gasteiger partial charge in [0.25, 0.3) is 0 Å². The van der Waals surface area contributed by atoms with E-state index >= 15 is 0 Å². The van der Waals surface area contributed by atoms with E-state index in [0.29, 0.717) is 17.8 Å². The summed E-state index contributed by atoms with van der Waals surface area (Å²) in [7, 11) is 3.69. The Morgan fingerprint density at radius 1 is 1.10 bits per heavy atom. The number of aliphatic hydroxyl groups excluding tert-OH is 1. The molecule has 8 heteroatoms. The summed E-state index contributed by atoms with van der Waals surface area (Å²) in [6, 6.07) is -0.0273. The van der Waals surface area contributed by atoms with Crippen LogP contribution >= 0.6 is 0 Å². The lowest BCUT2D eigenvalue weighted by Gasteiger charge is -2.22. The van der Waals surface area contributed by atoms with Crippen LogP contribution in [0.5, 0.6) is 0 Å². The minimum absolute atomic E-state index is 0.0273. The van der Waals surface area contributed by atoms with E-state index in [-0.39, 0.29) is 12.1 Å². The van der Waals surface area contributed by atoms with Crippen molar-refractivity contribution in [1.29, 1.82) is 0 Å².